The highest BCUT2D eigenvalue weighted by Gasteiger charge is 2.19. The fraction of sp³-hybridized carbons (Fsp3) is 0.227. The number of rotatable bonds is 4. The largest absolute Gasteiger partial charge is 0.368 e. The van der Waals surface area contributed by atoms with Crippen LogP contribution in [0.4, 0.5) is 5.69 Å². The minimum Gasteiger partial charge on any atom is -0.368 e. The Hall–Kier alpha value is -3.26. The molecule has 1 aromatic carbocycles. The number of fused-ring (bicyclic) bond motifs is 1. The van der Waals surface area contributed by atoms with Crippen LogP contribution in [0.3, 0.4) is 0 Å². The Kier molecular flexibility index (Phi) is 4.92. The molecule has 0 saturated carbocycles. The number of aromatic nitrogens is 4. The van der Waals surface area contributed by atoms with E-state index in [1.165, 1.54) is 0 Å². The van der Waals surface area contributed by atoms with Gasteiger partial charge in [0.05, 0.1) is 11.9 Å². The maximum absolute atomic E-state index is 11.6. The third kappa shape index (κ3) is 3.66. The van der Waals surface area contributed by atoms with Crippen molar-refractivity contribution in [3.63, 3.8) is 0 Å². The molecule has 0 spiro atoms. The van der Waals surface area contributed by atoms with E-state index in [-0.39, 0.29) is 5.91 Å². The van der Waals surface area contributed by atoms with Gasteiger partial charge in [0.2, 0.25) is 5.91 Å². The van der Waals surface area contributed by atoms with Crippen molar-refractivity contribution in [2.75, 3.05) is 31.1 Å². The van der Waals surface area contributed by atoms with Crippen molar-refractivity contribution in [1.29, 1.82) is 0 Å². The number of hydrogen-bond acceptors (Lipinski definition) is 5. The molecule has 7 nitrogen and oxygen atoms in total. The van der Waals surface area contributed by atoms with Crippen molar-refractivity contribution >= 4 is 29.0 Å². The molecule has 1 N–H and O–H groups in total. The second-order valence-corrected chi connectivity index (χ2v) is 8.34. The highest BCUT2D eigenvalue weighted by Crippen LogP contribution is 2.30. The summed E-state index contributed by atoms with van der Waals surface area (Å²) in [5.74, 6) is 0.149. The minimum absolute atomic E-state index is 0.149. The molecule has 30 heavy (non-hydrogen) atoms. The van der Waals surface area contributed by atoms with Crippen LogP contribution in [0, 0.1) is 0 Å². The number of hydrogen-bond donors (Lipinski definition) is 1. The van der Waals surface area contributed by atoms with Crippen LogP contribution < -0.4 is 4.90 Å². The van der Waals surface area contributed by atoms with Gasteiger partial charge in [0.15, 0.2) is 5.16 Å². The van der Waals surface area contributed by atoms with Crippen LogP contribution in [0.1, 0.15) is 6.92 Å². The fourth-order valence-electron chi connectivity index (χ4n) is 3.80. The first-order valence-corrected chi connectivity index (χ1v) is 10.7. The van der Waals surface area contributed by atoms with Gasteiger partial charge in [-0.15, -0.1) is 0 Å². The summed E-state index contributed by atoms with van der Waals surface area (Å²) in [5, 5.41) is 0.875. The maximum Gasteiger partial charge on any atom is 0.219 e. The first-order valence-electron chi connectivity index (χ1n) is 9.92. The van der Waals surface area contributed by atoms with E-state index in [1.807, 2.05) is 17.3 Å². The summed E-state index contributed by atoms with van der Waals surface area (Å²) < 4.78 is 2.12. The van der Waals surface area contributed by atoms with E-state index in [4.69, 9.17) is 0 Å². The summed E-state index contributed by atoms with van der Waals surface area (Å²) in [6.07, 6.45) is 7.59. The third-order valence-corrected chi connectivity index (χ3v) is 6.31. The molecule has 1 saturated heterocycles. The minimum atomic E-state index is 0.149. The predicted molar refractivity (Wildman–Crippen MR) is 118 cm³/mol. The third-order valence-electron chi connectivity index (χ3n) is 5.40. The number of aromatic amines is 1. The van der Waals surface area contributed by atoms with E-state index in [0.29, 0.717) is 0 Å². The van der Waals surface area contributed by atoms with Crippen LogP contribution in [0.2, 0.25) is 0 Å². The summed E-state index contributed by atoms with van der Waals surface area (Å²) in [7, 11) is 0. The summed E-state index contributed by atoms with van der Waals surface area (Å²) in [6.45, 7) is 4.85. The lowest BCUT2D eigenvalue weighted by molar-refractivity contribution is -0.129. The van der Waals surface area contributed by atoms with Gasteiger partial charge in [0, 0.05) is 73.9 Å². The Morgan fingerprint density at radius 1 is 1.10 bits per heavy atom. The first kappa shape index (κ1) is 18.7. The summed E-state index contributed by atoms with van der Waals surface area (Å²) in [4.78, 5) is 28.9. The Labute approximate surface area is 178 Å². The Bertz CT molecular complexity index is 1180. The van der Waals surface area contributed by atoms with Crippen molar-refractivity contribution in [2.45, 2.75) is 17.0 Å². The predicted octanol–water partition coefficient (Wildman–Crippen LogP) is 3.54. The average Bonchev–Trinajstić information content (AvgIpc) is 3.43. The molecule has 152 valence electrons. The number of nitrogens with zero attached hydrogens (tertiary/aromatic N) is 5. The van der Waals surface area contributed by atoms with E-state index >= 15 is 0 Å². The van der Waals surface area contributed by atoms with E-state index in [1.54, 1.807) is 24.9 Å². The van der Waals surface area contributed by atoms with Crippen LogP contribution >= 0.6 is 11.8 Å². The molecular formula is C22H22N6OS. The summed E-state index contributed by atoms with van der Waals surface area (Å²) in [5.41, 5.74) is 4.23. The monoisotopic (exact) mass is 418 g/mol. The fourth-order valence-corrected chi connectivity index (χ4v) is 4.59. The van der Waals surface area contributed by atoms with Gasteiger partial charge in [-0.3, -0.25) is 9.20 Å². The van der Waals surface area contributed by atoms with Crippen molar-refractivity contribution in [3.8, 4) is 11.3 Å². The molecule has 1 fully saturated rings. The van der Waals surface area contributed by atoms with Crippen LogP contribution in [0.15, 0.2) is 71.2 Å². The summed E-state index contributed by atoms with van der Waals surface area (Å²) in [6, 6.07) is 12.6. The smallest absolute Gasteiger partial charge is 0.219 e. The van der Waals surface area contributed by atoms with Crippen LogP contribution in [0.5, 0.6) is 0 Å². The van der Waals surface area contributed by atoms with Gasteiger partial charge < -0.3 is 14.8 Å². The maximum atomic E-state index is 11.6. The van der Waals surface area contributed by atoms with Gasteiger partial charge in [-0.2, -0.15) is 0 Å². The molecule has 4 heterocycles. The van der Waals surface area contributed by atoms with Gasteiger partial charge in [0.1, 0.15) is 5.65 Å². The second kappa shape index (κ2) is 7.87. The number of imidazole rings is 2. The molecule has 1 aliphatic heterocycles. The summed E-state index contributed by atoms with van der Waals surface area (Å²) >= 11 is 1.60. The molecule has 5 rings (SSSR count). The number of piperazine rings is 1. The van der Waals surface area contributed by atoms with E-state index < -0.39 is 0 Å². The topological polar surface area (TPSA) is 69.5 Å². The average molecular weight is 419 g/mol. The molecule has 3 aromatic heterocycles. The first-order chi connectivity index (χ1) is 14.7. The molecule has 0 aliphatic carbocycles. The Balaban J connectivity index is 1.39. The van der Waals surface area contributed by atoms with Crippen molar-refractivity contribution in [1.82, 2.24) is 24.3 Å². The van der Waals surface area contributed by atoms with Crippen molar-refractivity contribution in [3.05, 3.63) is 61.2 Å². The number of nitrogens with one attached hydrogen (secondary N) is 1. The number of carbonyl (C=O) groups excluding carboxylic acids is 1. The molecule has 4 aromatic rings. The van der Waals surface area contributed by atoms with Gasteiger partial charge in [-0.25, -0.2) is 9.97 Å². The molecule has 0 radical (unpaired) electrons. The zero-order chi connectivity index (χ0) is 20.5. The Morgan fingerprint density at radius 3 is 2.73 bits per heavy atom. The normalized spacial score (nSPS) is 14.4. The molecular weight excluding hydrogens is 396 g/mol. The van der Waals surface area contributed by atoms with Crippen LogP contribution in [0.25, 0.3) is 16.9 Å². The Morgan fingerprint density at radius 2 is 1.97 bits per heavy atom. The van der Waals surface area contributed by atoms with Crippen LogP contribution in [-0.4, -0.2) is 56.3 Å². The number of H-pyrrole nitrogens is 1. The number of benzene rings is 1. The number of carbonyl (C=O) groups is 1. The molecule has 8 heteroatoms. The quantitative estimate of drug-likeness (QED) is 0.549. The zero-order valence-corrected chi connectivity index (χ0v) is 17.5. The van der Waals surface area contributed by atoms with Gasteiger partial charge >= 0.3 is 0 Å². The van der Waals surface area contributed by atoms with E-state index in [9.17, 15) is 4.79 Å². The van der Waals surface area contributed by atoms with Crippen LogP contribution in [-0.2, 0) is 4.79 Å². The van der Waals surface area contributed by atoms with Gasteiger partial charge in [0.25, 0.3) is 0 Å². The standard InChI is InChI=1S/C22H22N6OS/c1-16(29)26-9-11-27(12-10-26)18-5-8-28-20(15-25-21(28)14-18)17-3-2-4-19(13-17)30-22-23-6-7-24-22/h2-8,13-15H,9-12H2,1H3,(H,23,24). The lowest BCUT2D eigenvalue weighted by atomic mass is 10.2. The second-order valence-electron chi connectivity index (χ2n) is 7.27. The number of pyridine rings is 1. The molecule has 0 atom stereocenters. The van der Waals surface area contributed by atoms with Gasteiger partial charge in [-0.1, -0.05) is 23.9 Å². The highest BCUT2D eigenvalue weighted by atomic mass is 32.2. The number of anilines is 1. The lowest BCUT2D eigenvalue weighted by Gasteiger charge is -2.35. The van der Waals surface area contributed by atoms with Crippen molar-refractivity contribution < 1.29 is 4.79 Å². The zero-order valence-electron chi connectivity index (χ0n) is 16.7. The molecule has 1 amide bonds. The molecule has 0 unspecified atom stereocenters. The highest BCUT2D eigenvalue weighted by molar-refractivity contribution is 7.99. The lowest BCUT2D eigenvalue weighted by Crippen LogP contribution is -2.48. The van der Waals surface area contributed by atoms with E-state index in [2.05, 4.69) is 66.8 Å². The number of amides is 1. The molecule has 0 bridgehead atoms. The SMILES string of the molecule is CC(=O)N1CCN(c2ccn3c(-c4cccc(Sc5ncc[nH]5)c4)cnc3c2)CC1. The van der Waals surface area contributed by atoms with Crippen molar-refractivity contribution in [2.24, 2.45) is 0 Å². The van der Waals surface area contributed by atoms with Gasteiger partial charge in [-0.05, 0) is 18.2 Å². The van der Waals surface area contributed by atoms with E-state index in [0.717, 1.165) is 58.8 Å². The molecule has 1 aliphatic rings.